The van der Waals surface area contributed by atoms with E-state index in [-0.39, 0.29) is 0 Å². The summed E-state index contributed by atoms with van der Waals surface area (Å²) in [6.07, 6.45) is 5.05. The summed E-state index contributed by atoms with van der Waals surface area (Å²) in [5, 5.41) is 11.0. The zero-order valence-corrected chi connectivity index (χ0v) is 8.42. The molecule has 0 bridgehead atoms. The van der Waals surface area contributed by atoms with E-state index in [4.69, 9.17) is 11.5 Å². The summed E-state index contributed by atoms with van der Waals surface area (Å²) >= 11 is 0. The molecule has 1 rings (SSSR count). The van der Waals surface area contributed by atoms with Gasteiger partial charge in [-0.05, 0) is 19.1 Å². The standard InChI is InChI=1S/C11H9F2NO2/c1-3-6(2)14-10-8(12)4-7(11(15)16)5-9(10)13/h1,4-6,14H,2H3,(H,15,16). The Hall–Kier alpha value is -2.09. The van der Waals surface area contributed by atoms with E-state index < -0.39 is 34.9 Å². The lowest BCUT2D eigenvalue weighted by molar-refractivity contribution is 0.0696. The molecule has 84 valence electrons. The molecule has 1 unspecified atom stereocenters. The van der Waals surface area contributed by atoms with Crippen molar-refractivity contribution in [3.63, 3.8) is 0 Å². The minimum Gasteiger partial charge on any atom is -0.478 e. The number of carbonyl (C=O) groups is 1. The van der Waals surface area contributed by atoms with E-state index in [0.29, 0.717) is 0 Å². The van der Waals surface area contributed by atoms with Crippen LogP contribution in [0.25, 0.3) is 0 Å². The fraction of sp³-hybridized carbons (Fsp3) is 0.182. The molecule has 0 heterocycles. The largest absolute Gasteiger partial charge is 0.478 e. The third-order valence-corrected chi connectivity index (χ3v) is 1.90. The van der Waals surface area contributed by atoms with E-state index in [1.807, 2.05) is 0 Å². The van der Waals surface area contributed by atoms with Crippen LogP contribution < -0.4 is 5.32 Å². The molecule has 3 nitrogen and oxygen atoms in total. The second kappa shape index (κ2) is 4.62. The summed E-state index contributed by atoms with van der Waals surface area (Å²) < 4.78 is 26.7. The first-order chi connectivity index (χ1) is 7.45. The molecule has 0 aromatic heterocycles. The number of anilines is 1. The highest BCUT2D eigenvalue weighted by molar-refractivity contribution is 5.88. The number of carboxylic acid groups (broad SMARTS) is 1. The van der Waals surface area contributed by atoms with Gasteiger partial charge in [0.25, 0.3) is 0 Å². The van der Waals surface area contributed by atoms with E-state index in [1.54, 1.807) is 6.92 Å². The third-order valence-electron chi connectivity index (χ3n) is 1.90. The van der Waals surface area contributed by atoms with Crippen LogP contribution in [0.5, 0.6) is 0 Å². The second-order valence-electron chi connectivity index (χ2n) is 3.15. The van der Waals surface area contributed by atoms with Crippen molar-refractivity contribution in [2.45, 2.75) is 13.0 Å². The molecular weight excluding hydrogens is 216 g/mol. The molecule has 0 aliphatic carbocycles. The highest BCUT2D eigenvalue weighted by Crippen LogP contribution is 2.21. The monoisotopic (exact) mass is 225 g/mol. The van der Waals surface area contributed by atoms with Crippen LogP contribution in [0.4, 0.5) is 14.5 Å². The van der Waals surface area contributed by atoms with Crippen molar-refractivity contribution < 1.29 is 18.7 Å². The molecule has 0 saturated carbocycles. The fourth-order valence-corrected chi connectivity index (χ4v) is 1.09. The number of hydrogen-bond donors (Lipinski definition) is 2. The molecule has 0 aliphatic rings. The summed E-state index contributed by atoms with van der Waals surface area (Å²) in [5.41, 5.74) is -0.871. The number of carboxylic acids is 1. The van der Waals surface area contributed by atoms with E-state index in [1.165, 1.54) is 0 Å². The second-order valence-corrected chi connectivity index (χ2v) is 3.15. The van der Waals surface area contributed by atoms with Gasteiger partial charge in [-0.25, -0.2) is 13.6 Å². The number of aromatic carboxylic acids is 1. The Morgan fingerprint density at radius 1 is 1.50 bits per heavy atom. The number of rotatable bonds is 3. The van der Waals surface area contributed by atoms with E-state index >= 15 is 0 Å². The molecular formula is C11H9F2NO2. The van der Waals surface area contributed by atoms with Crippen LogP contribution in [-0.2, 0) is 0 Å². The number of benzene rings is 1. The Morgan fingerprint density at radius 2 is 2.00 bits per heavy atom. The van der Waals surface area contributed by atoms with Gasteiger partial charge in [-0.2, -0.15) is 0 Å². The normalized spacial score (nSPS) is 11.6. The van der Waals surface area contributed by atoms with Gasteiger partial charge >= 0.3 is 5.97 Å². The Morgan fingerprint density at radius 3 is 2.38 bits per heavy atom. The van der Waals surface area contributed by atoms with Gasteiger partial charge in [0.15, 0.2) is 0 Å². The maximum Gasteiger partial charge on any atom is 0.335 e. The lowest BCUT2D eigenvalue weighted by atomic mass is 10.1. The smallest absolute Gasteiger partial charge is 0.335 e. The predicted octanol–water partition coefficient (Wildman–Crippen LogP) is 2.10. The van der Waals surface area contributed by atoms with Crippen molar-refractivity contribution in [1.82, 2.24) is 0 Å². The molecule has 0 fully saturated rings. The molecule has 2 N–H and O–H groups in total. The minimum absolute atomic E-state index is 0.421. The lowest BCUT2D eigenvalue weighted by Crippen LogP contribution is -2.15. The third kappa shape index (κ3) is 2.48. The quantitative estimate of drug-likeness (QED) is 0.774. The number of terminal acetylenes is 1. The fourth-order valence-electron chi connectivity index (χ4n) is 1.09. The topological polar surface area (TPSA) is 49.3 Å². The van der Waals surface area contributed by atoms with Crippen LogP contribution in [0, 0.1) is 24.0 Å². The van der Waals surface area contributed by atoms with Crippen LogP contribution in [0.2, 0.25) is 0 Å². The number of nitrogens with one attached hydrogen (secondary N) is 1. The van der Waals surface area contributed by atoms with Crippen molar-refractivity contribution >= 4 is 11.7 Å². The molecule has 0 radical (unpaired) electrons. The molecule has 0 amide bonds. The number of hydrogen-bond acceptors (Lipinski definition) is 2. The van der Waals surface area contributed by atoms with Crippen LogP contribution >= 0.6 is 0 Å². The van der Waals surface area contributed by atoms with Gasteiger partial charge < -0.3 is 10.4 Å². The number of halogens is 2. The SMILES string of the molecule is C#CC(C)Nc1c(F)cc(C(=O)O)cc1F. The van der Waals surface area contributed by atoms with Gasteiger partial charge in [0.2, 0.25) is 0 Å². The molecule has 0 aliphatic heterocycles. The average molecular weight is 225 g/mol. The Bertz CT molecular complexity index is 443. The van der Waals surface area contributed by atoms with Crippen molar-refractivity contribution in [3.8, 4) is 12.3 Å². The maximum absolute atomic E-state index is 13.3. The summed E-state index contributed by atoms with van der Waals surface area (Å²) in [5.74, 6) is -1.12. The Balaban J connectivity index is 3.13. The molecule has 1 aromatic rings. The predicted molar refractivity (Wildman–Crippen MR) is 55.2 cm³/mol. The first-order valence-corrected chi connectivity index (χ1v) is 4.40. The van der Waals surface area contributed by atoms with Gasteiger partial charge in [0.05, 0.1) is 11.6 Å². The summed E-state index contributed by atoms with van der Waals surface area (Å²) in [7, 11) is 0. The van der Waals surface area contributed by atoms with Crippen LogP contribution in [-0.4, -0.2) is 17.1 Å². The molecule has 0 saturated heterocycles. The van der Waals surface area contributed by atoms with Crippen LogP contribution in [0.1, 0.15) is 17.3 Å². The van der Waals surface area contributed by atoms with E-state index in [0.717, 1.165) is 12.1 Å². The molecule has 0 spiro atoms. The van der Waals surface area contributed by atoms with E-state index in [2.05, 4.69) is 11.2 Å². The van der Waals surface area contributed by atoms with Crippen molar-refractivity contribution in [2.24, 2.45) is 0 Å². The molecule has 1 aromatic carbocycles. The van der Waals surface area contributed by atoms with Crippen LogP contribution in [0.15, 0.2) is 12.1 Å². The summed E-state index contributed by atoms with van der Waals surface area (Å²) in [6.45, 7) is 1.55. The van der Waals surface area contributed by atoms with Crippen molar-refractivity contribution in [2.75, 3.05) is 5.32 Å². The molecule has 16 heavy (non-hydrogen) atoms. The maximum atomic E-state index is 13.3. The van der Waals surface area contributed by atoms with E-state index in [9.17, 15) is 13.6 Å². The first kappa shape index (κ1) is 12.0. The van der Waals surface area contributed by atoms with Crippen molar-refractivity contribution in [1.29, 1.82) is 0 Å². The summed E-state index contributed by atoms with van der Waals surface area (Å²) in [4.78, 5) is 10.5. The Kier molecular flexibility index (Phi) is 3.46. The first-order valence-electron chi connectivity index (χ1n) is 4.40. The van der Waals surface area contributed by atoms with Crippen LogP contribution in [0.3, 0.4) is 0 Å². The Labute approximate surface area is 91.1 Å². The minimum atomic E-state index is -1.39. The zero-order valence-electron chi connectivity index (χ0n) is 8.42. The molecule has 1 atom stereocenters. The van der Waals surface area contributed by atoms with Gasteiger partial charge in [-0.1, -0.05) is 5.92 Å². The van der Waals surface area contributed by atoms with Gasteiger partial charge in [-0.15, -0.1) is 6.42 Å². The van der Waals surface area contributed by atoms with Gasteiger partial charge in [0, 0.05) is 0 Å². The zero-order chi connectivity index (χ0) is 12.3. The average Bonchev–Trinajstić information content (AvgIpc) is 2.22. The summed E-state index contributed by atoms with van der Waals surface area (Å²) in [6, 6.07) is 0.910. The van der Waals surface area contributed by atoms with Crippen molar-refractivity contribution in [3.05, 3.63) is 29.3 Å². The highest BCUT2D eigenvalue weighted by atomic mass is 19.1. The van der Waals surface area contributed by atoms with Gasteiger partial charge in [0.1, 0.15) is 17.3 Å². The highest BCUT2D eigenvalue weighted by Gasteiger charge is 2.15. The lowest BCUT2D eigenvalue weighted by Gasteiger charge is -2.11. The molecule has 5 heteroatoms. The van der Waals surface area contributed by atoms with Gasteiger partial charge in [-0.3, -0.25) is 0 Å².